The van der Waals surface area contributed by atoms with Gasteiger partial charge in [-0.3, -0.25) is 4.68 Å². The molecule has 0 saturated carbocycles. The van der Waals surface area contributed by atoms with Crippen LogP contribution in [0.1, 0.15) is 19.8 Å². The molecular weight excluding hydrogens is 138 g/mol. The van der Waals surface area contributed by atoms with Crippen molar-refractivity contribution in [3.8, 4) is 0 Å². The summed E-state index contributed by atoms with van der Waals surface area (Å²) in [5.41, 5.74) is 0. The number of hydrogen-bond donors (Lipinski definition) is 1. The zero-order valence-electron chi connectivity index (χ0n) is 7.17. The lowest BCUT2D eigenvalue weighted by Crippen LogP contribution is -2.05. The molecule has 0 spiro atoms. The number of aryl methyl sites for hydroxylation is 1. The van der Waals surface area contributed by atoms with E-state index in [1.165, 1.54) is 12.8 Å². The molecule has 0 aliphatic carbocycles. The Morgan fingerprint density at radius 1 is 1.64 bits per heavy atom. The summed E-state index contributed by atoms with van der Waals surface area (Å²) in [5.74, 6) is 1.10. The topological polar surface area (TPSA) is 29.9 Å². The molecule has 0 unspecified atom stereocenters. The summed E-state index contributed by atoms with van der Waals surface area (Å²) in [6.45, 7) is 3.22. The maximum Gasteiger partial charge on any atom is 0.123 e. The van der Waals surface area contributed by atoms with Gasteiger partial charge in [-0.05, 0) is 6.42 Å². The van der Waals surface area contributed by atoms with Crippen LogP contribution in [0.2, 0.25) is 0 Å². The zero-order chi connectivity index (χ0) is 8.10. The van der Waals surface area contributed by atoms with Crippen LogP contribution in [0.25, 0.3) is 0 Å². The van der Waals surface area contributed by atoms with Crippen molar-refractivity contribution >= 4 is 5.82 Å². The standard InChI is InChI=1S/C8H15N3/c1-3-4-6-9-8-5-7-10-11(8)2/h5,7,9H,3-4,6H2,1-2H3. The van der Waals surface area contributed by atoms with Crippen LogP contribution in [0.15, 0.2) is 12.3 Å². The van der Waals surface area contributed by atoms with Crippen molar-refractivity contribution in [3.05, 3.63) is 12.3 Å². The molecular formula is C8H15N3. The van der Waals surface area contributed by atoms with E-state index in [1.807, 2.05) is 17.8 Å². The van der Waals surface area contributed by atoms with Crippen molar-refractivity contribution in [1.82, 2.24) is 9.78 Å². The molecule has 1 aromatic rings. The third-order valence-corrected chi connectivity index (χ3v) is 1.66. The fourth-order valence-corrected chi connectivity index (χ4v) is 0.941. The van der Waals surface area contributed by atoms with Crippen LogP contribution >= 0.6 is 0 Å². The first-order valence-electron chi connectivity index (χ1n) is 4.06. The predicted octanol–water partition coefficient (Wildman–Crippen LogP) is 1.63. The molecule has 62 valence electrons. The van der Waals surface area contributed by atoms with Crippen molar-refractivity contribution < 1.29 is 0 Å². The molecule has 1 rings (SSSR count). The van der Waals surface area contributed by atoms with E-state index < -0.39 is 0 Å². The first-order chi connectivity index (χ1) is 5.34. The number of hydrogen-bond acceptors (Lipinski definition) is 2. The van der Waals surface area contributed by atoms with Gasteiger partial charge in [0.05, 0.1) is 6.20 Å². The molecule has 0 bridgehead atoms. The van der Waals surface area contributed by atoms with Crippen LogP contribution in [0.3, 0.4) is 0 Å². The zero-order valence-corrected chi connectivity index (χ0v) is 7.17. The highest BCUT2D eigenvalue weighted by atomic mass is 15.3. The van der Waals surface area contributed by atoms with Crippen LogP contribution in [-0.2, 0) is 7.05 Å². The Bertz CT molecular complexity index is 205. The van der Waals surface area contributed by atoms with Crippen molar-refractivity contribution in [1.29, 1.82) is 0 Å². The van der Waals surface area contributed by atoms with Gasteiger partial charge in [0, 0.05) is 19.7 Å². The van der Waals surface area contributed by atoms with Crippen LogP contribution in [0.4, 0.5) is 5.82 Å². The van der Waals surface area contributed by atoms with E-state index >= 15 is 0 Å². The van der Waals surface area contributed by atoms with Gasteiger partial charge in [0.25, 0.3) is 0 Å². The third-order valence-electron chi connectivity index (χ3n) is 1.66. The average Bonchev–Trinajstić information content (AvgIpc) is 2.37. The van der Waals surface area contributed by atoms with E-state index in [0.29, 0.717) is 0 Å². The number of aromatic nitrogens is 2. The van der Waals surface area contributed by atoms with Crippen molar-refractivity contribution in [3.63, 3.8) is 0 Å². The van der Waals surface area contributed by atoms with Crippen molar-refractivity contribution in [2.45, 2.75) is 19.8 Å². The lowest BCUT2D eigenvalue weighted by atomic mass is 10.3. The van der Waals surface area contributed by atoms with Gasteiger partial charge in [0.1, 0.15) is 5.82 Å². The van der Waals surface area contributed by atoms with Gasteiger partial charge in [-0.2, -0.15) is 5.10 Å². The second-order valence-corrected chi connectivity index (χ2v) is 2.62. The molecule has 1 aromatic heterocycles. The Balaban J connectivity index is 2.32. The second kappa shape index (κ2) is 4.01. The van der Waals surface area contributed by atoms with Gasteiger partial charge in [0.15, 0.2) is 0 Å². The van der Waals surface area contributed by atoms with Crippen LogP contribution in [-0.4, -0.2) is 16.3 Å². The summed E-state index contributed by atoms with van der Waals surface area (Å²) in [6, 6.07) is 1.98. The molecule has 0 saturated heterocycles. The number of unbranched alkanes of at least 4 members (excludes halogenated alkanes) is 1. The smallest absolute Gasteiger partial charge is 0.123 e. The van der Waals surface area contributed by atoms with Gasteiger partial charge < -0.3 is 5.32 Å². The van der Waals surface area contributed by atoms with E-state index in [2.05, 4.69) is 17.3 Å². The molecule has 1 heterocycles. The highest BCUT2D eigenvalue weighted by molar-refractivity contribution is 5.32. The molecule has 1 N–H and O–H groups in total. The lowest BCUT2D eigenvalue weighted by Gasteiger charge is -2.03. The summed E-state index contributed by atoms with van der Waals surface area (Å²) < 4.78 is 1.84. The van der Waals surface area contributed by atoms with Crippen molar-refractivity contribution in [2.75, 3.05) is 11.9 Å². The largest absolute Gasteiger partial charge is 0.370 e. The van der Waals surface area contributed by atoms with Crippen molar-refractivity contribution in [2.24, 2.45) is 7.05 Å². The molecule has 0 amide bonds. The maximum atomic E-state index is 4.05. The van der Waals surface area contributed by atoms with Crippen LogP contribution in [0.5, 0.6) is 0 Å². The van der Waals surface area contributed by atoms with Gasteiger partial charge in [-0.15, -0.1) is 0 Å². The minimum atomic E-state index is 1.04. The predicted molar refractivity (Wildman–Crippen MR) is 46.6 cm³/mol. The highest BCUT2D eigenvalue weighted by Gasteiger charge is 1.93. The molecule has 0 atom stereocenters. The molecule has 0 aliphatic heterocycles. The second-order valence-electron chi connectivity index (χ2n) is 2.62. The number of rotatable bonds is 4. The number of nitrogens with zero attached hydrogens (tertiary/aromatic N) is 2. The van der Waals surface area contributed by atoms with Gasteiger partial charge in [-0.25, -0.2) is 0 Å². The summed E-state index contributed by atoms with van der Waals surface area (Å²) in [4.78, 5) is 0. The van der Waals surface area contributed by atoms with E-state index in [0.717, 1.165) is 12.4 Å². The van der Waals surface area contributed by atoms with Crippen LogP contribution in [0, 0.1) is 0 Å². The number of nitrogens with one attached hydrogen (secondary N) is 1. The fourth-order valence-electron chi connectivity index (χ4n) is 0.941. The van der Waals surface area contributed by atoms with E-state index in [-0.39, 0.29) is 0 Å². The fraction of sp³-hybridized carbons (Fsp3) is 0.625. The Kier molecular flexibility index (Phi) is 2.95. The molecule has 0 radical (unpaired) electrons. The quantitative estimate of drug-likeness (QED) is 0.666. The first-order valence-corrected chi connectivity index (χ1v) is 4.06. The summed E-state index contributed by atoms with van der Waals surface area (Å²) in [6.07, 6.45) is 4.24. The third kappa shape index (κ3) is 2.26. The Hall–Kier alpha value is -0.990. The van der Waals surface area contributed by atoms with E-state index in [1.54, 1.807) is 6.20 Å². The monoisotopic (exact) mass is 153 g/mol. The normalized spacial score (nSPS) is 10.0. The minimum Gasteiger partial charge on any atom is -0.370 e. The van der Waals surface area contributed by atoms with E-state index in [9.17, 15) is 0 Å². The maximum absolute atomic E-state index is 4.05. The number of anilines is 1. The lowest BCUT2D eigenvalue weighted by molar-refractivity contribution is 0.757. The van der Waals surface area contributed by atoms with Crippen LogP contribution < -0.4 is 5.32 Å². The Morgan fingerprint density at radius 2 is 2.45 bits per heavy atom. The molecule has 0 aromatic carbocycles. The molecule has 3 nitrogen and oxygen atoms in total. The highest BCUT2D eigenvalue weighted by Crippen LogP contribution is 2.02. The SMILES string of the molecule is CCCCNc1ccnn1C. The van der Waals surface area contributed by atoms with Gasteiger partial charge in [-0.1, -0.05) is 13.3 Å². The Morgan fingerprint density at radius 3 is 3.00 bits per heavy atom. The minimum absolute atomic E-state index is 1.04. The summed E-state index contributed by atoms with van der Waals surface area (Å²) in [7, 11) is 1.94. The molecule has 0 fully saturated rings. The van der Waals surface area contributed by atoms with Gasteiger partial charge >= 0.3 is 0 Å². The Labute approximate surface area is 67.4 Å². The molecule has 0 aliphatic rings. The average molecular weight is 153 g/mol. The first kappa shape index (κ1) is 8.11. The molecule has 11 heavy (non-hydrogen) atoms. The molecule has 3 heteroatoms. The summed E-state index contributed by atoms with van der Waals surface area (Å²) in [5, 5.41) is 7.34. The van der Waals surface area contributed by atoms with Gasteiger partial charge in [0.2, 0.25) is 0 Å². The van der Waals surface area contributed by atoms with E-state index in [4.69, 9.17) is 0 Å². The summed E-state index contributed by atoms with van der Waals surface area (Å²) >= 11 is 0.